The monoisotopic (exact) mass is 808 g/mol. The summed E-state index contributed by atoms with van der Waals surface area (Å²) in [5.74, 6) is 2.26. The van der Waals surface area contributed by atoms with E-state index < -0.39 is 30.6 Å². The van der Waals surface area contributed by atoms with Crippen LogP contribution < -0.4 is 22.6 Å². The van der Waals surface area contributed by atoms with E-state index in [1.165, 1.54) is 21.3 Å². The highest BCUT2D eigenvalue weighted by molar-refractivity contribution is 7.79. The number of hydrogen-bond acceptors (Lipinski definition) is 12. The van der Waals surface area contributed by atoms with Crippen molar-refractivity contribution in [2.24, 2.45) is 18.1 Å². The van der Waals surface area contributed by atoms with Gasteiger partial charge in [0.15, 0.2) is 0 Å². The maximum Gasteiger partial charge on any atom is 0.460 e. The number of nitrogens with zero attached hydrogens (tertiary/aromatic N) is 4. The first kappa shape index (κ1) is 39.6. The van der Waals surface area contributed by atoms with Crippen LogP contribution in [0.25, 0.3) is 0 Å². The van der Waals surface area contributed by atoms with Gasteiger partial charge in [-0.25, -0.2) is 0 Å². The summed E-state index contributed by atoms with van der Waals surface area (Å²) in [6.45, 7) is 9.59. The van der Waals surface area contributed by atoms with E-state index >= 15 is 0 Å². The lowest BCUT2D eigenvalue weighted by Crippen LogP contribution is -2.09. The molecule has 12 nitrogen and oxygen atoms in total. The summed E-state index contributed by atoms with van der Waals surface area (Å²) in [4.78, 5) is 0. The molecular formula is C38H44N4O8P4. The zero-order valence-electron chi connectivity index (χ0n) is 31.4. The van der Waals surface area contributed by atoms with Crippen LogP contribution in [0.5, 0.6) is 28.7 Å². The van der Waals surface area contributed by atoms with Crippen LogP contribution in [0.2, 0.25) is 0 Å². The summed E-state index contributed by atoms with van der Waals surface area (Å²) in [7, 11) is -11.7. The summed E-state index contributed by atoms with van der Waals surface area (Å²) in [6.07, 6.45) is 0. The van der Waals surface area contributed by atoms with E-state index in [4.69, 9.17) is 54.3 Å². The molecule has 16 heteroatoms. The van der Waals surface area contributed by atoms with Crippen LogP contribution in [0, 0.1) is 34.6 Å². The number of para-hydroxylation sites is 5. The molecule has 1 atom stereocenters. The summed E-state index contributed by atoms with van der Waals surface area (Å²) in [5, 5.41) is 0. The molecule has 0 aliphatic carbocycles. The maximum atomic E-state index is 7.02. The van der Waals surface area contributed by atoms with Crippen LogP contribution in [-0.4, -0.2) is 21.3 Å². The molecule has 0 spiro atoms. The lowest BCUT2D eigenvalue weighted by Gasteiger charge is -2.32. The molecule has 1 aliphatic heterocycles. The third kappa shape index (κ3) is 8.88. The first-order valence-corrected chi connectivity index (χ1v) is 23.1. The number of aryl methyl sites for hydroxylation is 5. The van der Waals surface area contributed by atoms with Crippen LogP contribution in [0.4, 0.5) is 0 Å². The third-order valence-corrected chi connectivity index (χ3v) is 19.0. The van der Waals surface area contributed by atoms with Gasteiger partial charge in [0.1, 0.15) is 28.7 Å². The Hall–Kier alpha value is -4.10. The maximum absolute atomic E-state index is 7.02. The van der Waals surface area contributed by atoms with Crippen molar-refractivity contribution < 1.29 is 36.2 Å². The normalized spacial score (nSPS) is 18.2. The van der Waals surface area contributed by atoms with E-state index in [-0.39, 0.29) is 0 Å². The number of rotatable bonds is 13. The van der Waals surface area contributed by atoms with Crippen molar-refractivity contribution in [3.8, 4) is 28.7 Å². The topological polar surface area (TPSA) is 123 Å². The molecule has 0 saturated carbocycles. The molecule has 0 bridgehead atoms. The van der Waals surface area contributed by atoms with Crippen LogP contribution in [0.15, 0.2) is 139 Å². The second-order valence-electron chi connectivity index (χ2n) is 12.2. The van der Waals surface area contributed by atoms with Crippen molar-refractivity contribution in [1.82, 2.24) is 0 Å². The van der Waals surface area contributed by atoms with Gasteiger partial charge in [0.2, 0.25) is 0 Å². The average Bonchev–Trinajstić information content (AvgIpc) is 3.15. The molecule has 0 fully saturated rings. The predicted molar refractivity (Wildman–Crippen MR) is 217 cm³/mol. The minimum Gasteiger partial charge on any atom is -0.422 e. The van der Waals surface area contributed by atoms with Crippen molar-refractivity contribution in [3.05, 3.63) is 149 Å². The Morgan fingerprint density at radius 1 is 0.296 bits per heavy atom. The second-order valence-corrected chi connectivity index (χ2v) is 20.9. The van der Waals surface area contributed by atoms with Gasteiger partial charge in [-0.2, -0.15) is 0 Å². The number of hydrogen-bond donors (Lipinski definition) is 0. The van der Waals surface area contributed by atoms with Gasteiger partial charge in [-0.1, -0.05) is 95.5 Å². The SMILES string of the molecule is COP1(OC)=NP(Oc2ccccc2C)(Oc2ccccc2C)=NP(Oc2ccccc2C)(Oc2ccccc2C)=NP(OC)(Oc2ccccc2C)=N1. The van der Waals surface area contributed by atoms with Crippen molar-refractivity contribution in [3.63, 3.8) is 0 Å². The first-order valence-electron chi connectivity index (χ1n) is 16.9. The molecule has 54 heavy (non-hydrogen) atoms. The van der Waals surface area contributed by atoms with E-state index in [1.807, 2.05) is 150 Å². The zero-order valence-corrected chi connectivity index (χ0v) is 35.0. The molecular weight excluding hydrogens is 764 g/mol. The van der Waals surface area contributed by atoms with E-state index in [9.17, 15) is 0 Å². The lowest BCUT2D eigenvalue weighted by molar-refractivity contribution is 0.325. The van der Waals surface area contributed by atoms with Crippen molar-refractivity contribution in [1.29, 1.82) is 0 Å². The molecule has 0 radical (unpaired) electrons. The molecule has 284 valence electrons. The minimum atomic E-state index is -4.18. The summed E-state index contributed by atoms with van der Waals surface area (Å²) < 4.78 is 74.3. The molecule has 6 rings (SSSR count). The van der Waals surface area contributed by atoms with Crippen LogP contribution in [-0.2, 0) is 13.6 Å². The molecule has 0 aromatic heterocycles. The van der Waals surface area contributed by atoms with Gasteiger partial charge >= 0.3 is 30.6 Å². The summed E-state index contributed by atoms with van der Waals surface area (Å²) >= 11 is 0. The number of benzene rings is 5. The smallest absolute Gasteiger partial charge is 0.422 e. The Morgan fingerprint density at radius 3 is 0.759 bits per heavy atom. The molecule has 1 heterocycles. The predicted octanol–water partition coefficient (Wildman–Crippen LogP) is 13.7. The fourth-order valence-electron chi connectivity index (χ4n) is 5.13. The highest BCUT2D eigenvalue weighted by Crippen LogP contribution is 2.79. The minimum absolute atomic E-state index is 0.446. The lowest BCUT2D eigenvalue weighted by atomic mass is 10.2. The van der Waals surface area contributed by atoms with Gasteiger partial charge < -0.3 is 36.2 Å². The molecule has 1 aliphatic rings. The standard InChI is InChI=1S/C38H44N4O8P4/c1-29-19-9-14-24-34(29)46-52(45-8)39-51(43-6,44-7)40-53(47-35-25-15-10-20-30(35)2,48-36-26-16-11-21-31(36)3)42-54(41-52,49-37-27-17-12-22-32(37)4)50-38-28-18-13-23-33(38)5/h9-28H,1-8H3. The van der Waals surface area contributed by atoms with E-state index in [0.29, 0.717) is 28.7 Å². The molecule has 5 aromatic rings. The Morgan fingerprint density at radius 2 is 0.500 bits per heavy atom. The Bertz CT molecular complexity index is 2270. The Labute approximate surface area is 317 Å². The Kier molecular flexibility index (Phi) is 12.3. The summed E-state index contributed by atoms with van der Waals surface area (Å²) in [6, 6.07) is 37.5. The van der Waals surface area contributed by atoms with Crippen molar-refractivity contribution in [2.75, 3.05) is 21.3 Å². The Balaban J connectivity index is 1.82. The molecule has 0 N–H and O–H groups in total. The quantitative estimate of drug-likeness (QED) is 0.108. The molecule has 1 unspecified atom stereocenters. The van der Waals surface area contributed by atoms with Crippen LogP contribution >= 0.6 is 30.6 Å². The van der Waals surface area contributed by atoms with Crippen molar-refractivity contribution in [2.45, 2.75) is 34.6 Å². The van der Waals surface area contributed by atoms with Crippen LogP contribution in [0.3, 0.4) is 0 Å². The molecule has 0 saturated heterocycles. The fourth-order valence-corrected chi connectivity index (χ4v) is 17.4. The van der Waals surface area contributed by atoms with E-state index in [2.05, 4.69) is 0 Å². The van der Waals surface area contributed by atoms with Gasteiger partial charge in [0, 0.05) is 21.3 Å². The van der Waals surface area contributed by atoms with E-state index in [1.54, 1.807) is 6.07 Å². The molecule has 0 amide bonds. The second kappa shape index (κ2) is 16.7. The zero-order chi connectivity index (χ0) is 38.4. The highest BCUT2D eigenvalue weighted by atomic mass is 31.3. The van der Waals surface area contributed by atoms with Gasteiger partial charge in [-0.05, 0) is 92.8 Å². The van der Waals surface area contributed by atoms with E-state index in [0.717, 1.165) is 27.8 Å². The fraction of sp³-hybridized carbons (Fsp3) is 0.211. The first-order chi connectivity index (χ1) is 26.0. The van der Waals surface area contributed by atoms with Crippen LogP contribution in [0.1, 0.15) is 27.8 Å². The van der Waals surface area contributed by atoms with Gasteiger partial charge in [0.25, 0.3) is 0 Å². The van der Waals surface area contributed by atoms with Gasteiger partial charge in [0.05, 0.1) is 0 Å². The average molecular weight is 809 g/mol. The van der Waals surface area contributed by atoms with Gasteiger partial charge in [-0.15, -0.1) is 13.5 Å². The van der Waals surface area contributed by atoms with Gasteiger partial charge in [-0.3, -0.25) is 0 Å². The third-order valence-electron chi connectivity index (χ3n) is 8.17. The molecule has 5 aromatic carbocycles. The highest BCUT2D eigenvalue weighted by Gasteiger charge is 2.47. The largest absolute Gasteiger partial charge is 0.460 e. The van der Waals surface area contributed by atoms with Crippen molar-refractivity contribution >= 4 is 30.6 Å². The summed E-state index contributed by atoms with van der Waals surface area (Å²) in [5.41, 5.74) is 4.01.